The summed E-state index contributed by atoms with van der Waals surface area (Å²) in [5.41, 5.74) is 0.298. The van der Waals surface area contributed by atoms with Crippen LogP contribution in [0.4, 0.5) is 0 Å². The molecule has 2 atom stereocenters. The van der Waals surface area contributed by atoms with Crippen molar-refractivity contribution in [1.29, 1.82) is 0 Å². The summed E-state index contributed by atoms with van der Waals surface area (Å²) in [6, 6.07) is 6.69. The predicted molar refractivity (Wildman–Crippen MR) is 73.5 cm³/mol. The molecule has 106 valence electrons. The highest BCUT2D eigenvalue weighted by Crippen LogP contribution is 2.21. The van der Waals surface area contributed by atoms with Crippen LogP contribution in [0.25, 0.3) is 0 Å². The average molecular weight is 266 g/mol. The highest BCUT2D eigenvalue weighted by Gasteiger charge is 2.26. The third-order valence-electron chi connectivity index (χ3n) is 3.11. The lowest BCUT2D eigenvalue weighted by atomic mass is 9.98. The summed E-state index contributed by atoms with van der Waals surface area (Å²) in [4.78, 5) is 12.1. The van der Waals surface area contributed by atoms with E-state index in [1.165, 1.54) is 7.11 Å². The van der Waals surface area contributed by atoms with Crippen LogP contribution in [0.2, 0.25) is 0 Å². The lowest BCUT2D eigenvalue weighted by Gasteiger charge is -2.17. The van der Waals surface area contributed by atoms with Crippen molar-refractivity contribution in [2.75, 3.05) is 7.11 Å². The highest BCUT2D eigenvalue weighted by molar-refractivity contribution is 6.02. The Labute approximate surface area is 114 Å². The Morgan fingerprint density at radius 2 is 1.95 bits per heavy atom. The third-order valence-corrected chi connectivity index (χ3v) is 3.11. The minimum Gasteiger partial charge on any atom is -0.496 e. The van der Waals surface area contributed by atoms with E-state index in [1.807, 2.05) is 0 Å². The van der Waals surface area contributed by atoms with Crippen LogP contribution in [-0.4, -0.2) is 35.3 Å². The Morgan fingerprint density at radius 3 is 2.58 bits per heavy atom. The Hall–Kier alpha value is -1.39. The molecule has 0 aliphatic heterocycles. The van der Waals surface area contributed by atoms with E-state index in [2.05, 4.69) is 6.92 Å². The van der Waals surface area contributed by atoms with Crippen LogP contribution in [0.5, 0.6) is 5.75 Å². The maximum Gasteiger partial charge on any atom is 0.197 e. The maximum absolute atomic E-state index is 12.1. The van der Waals surface area contributed by atoms with Gasteiger partial charge in [0, 0.05) is 0 Å². The summed E-state index contributed by atoms with van der Waals surface area (Å²) in [6.07, 6.45) is 0.817. The zero-order valence-electron chi connectivity index (χ0n) is 11.5. The van der Waals surface area contributed by atoms with E-state index >= 15 is 0 Å². The number of aliphatic hydroxyl groups excluding tert-OH is 2. The number of methoxy groups -OCH3 is 1. The predicted octanol–water partition coefficient (Wildman–Crippen LogP) is 2.18. The summed E-state index contributed by atoms with van der Waals surface area (Å²) >= 11 is 0. The first kappa shape index (κ1) is 15.7. The number of ketones is 1. The maximum atomic E-state index is 12.1. The molecule has 0 aromatic heterocycles. The molecule has 0 radical (unpaired) electrons. The van der Waals surface area contributed by atoms with Crippen molar-refractivity contribution < 1.29 is 19.7 Å². The van der Waals surface area contributed by atoms with Gasteiger partial charge in [0.1, 0.15) is 11.9 Å². The molecule has 0 saturated carbocycles. The van der Waals surface area contributed by atoms with Crippen molar-refractivity contribution in [3.05, 3.63) is 29.8 Å². The van der Waals surface area contributed by atoms with E-state index in [0.717, 1.165) is 19.3 Å². The summed E-state index contributed by atoms with van der Waals surface area (Å²) in [7, 11) is 1.47. The molecule has 1 rings (SSSR count). The zero-order valence-corrected chi connectivity index (χ0v) is 11.5. The third kappa shape index (κ3) is 4.33. The van der Waals surface area contributed by atoms with Gasteiger partial charge in [-0.1, -0.05) is 38.3 Å². The minimum atomic E-state index is -1.40. The van der Waals surface area contributed by atoms with Crippen molar-refractivity contribution in [2.45, 2.75) is 44.8 Å². The highest BCUT2D eigenvalue weighted by atomic mass is 16.5. The largest absolute Gasteiger partial charge is 0.496 e. The van der Waals surface area contributed by atoms with Crippen molar-refractivity contribution in [3.63, 3.8) is 0 Å². The molecule has 0 fully saturated rings. The van der Waals surface area contributed by atoms with Gasteiger partial charge in [0.25, 0.3) is 0 Å². The van der Waals surface area contributed by atoms with Crippen molar-refractivity contribution >= 4 is 5.78 Å². The Morgan fingerprint density at radius 1 is 1.26 bits per heavy atom. The number of benzene rings is 1. The number of aliphatic hydroxyl groups is 2. The van der Waals surface area contributed by atoms with Gasteiger partial charge in [-0.15, -0.1) is 0 Å². The molecule has 0 unspecified atom stereocenters. The number of carbonyl (C=O) groups excluding carboxylic acids is 1. The number of hydrogen-bond acceptors (Lipinski definition) is 4. The van der Waals surface area contributed by atoms with E-state index in [0.29, 0.717) is 17.7 Å². The van der Waals surface area contributed by atoms with E-state index in [4.69, 9.17) is 4.74 Å². The second-order valence-electron chi connectivity index (χ2n) is 4.57. The second-order valence-corrected chi connectivity index (χ2v) is 4.57. The van der Waals surface area contributed by atoms with Crippen LogP contribution in [0, 0.1) is 0 Å². The summed E-state index contributed by atoms with van der Waals surface area (Å²) < 4.78 is 5.08. The SMILES string of the molecule is CCCCC[C@@H](O)[C@@H](O)C(=O)c1ccccc1OC. The molecule has 4 heteroatoms. The van der Waals surface area contributed by atoms with Crippen LogP contribution in [0.1, 0.15) is 43.0 Å². The van der Waals surface area contributed by atoms with Crippen LogP contribution < -0.4 is 4.74 Å². The summed E-state index contributed by atoms with van der Waals surface area (Å²) in [5, 5.41) is 19.7. The quantitative estimate of drug-likeness (QED) is 0.559. The van der Waals surface area contributed by atoms with Gasteiger partial charge < -0.3 is 14.9 Å². The van der Waals surface area contributed by atoms with E-state index in [1.54, 1.807) is 24.3 Å². The van der Waals surface area contributed by atoms with Crippen LogP contribution in [0.15, 0.2) is 24.3 Å². The monoisotopic (exact) mass is 266 g/mol. The van der Waals surface area contributed by atoms with Crippen molar-refractivity contribution in [3.8, 4) is 5.75 Å². The molecule has 0 spiro atoms. The molecule has 0 heterocycles. The van der Waals surface area contributed by atoms with Gasteiger partial charge >= 0.3 is 0 Å². The summed E-state index contributed by atoms with van der Waals surface area (Å²) in [5.74, 6) is -0.0891. The van der Waals surface area contributed by atoms with Gasteiger partial charge in [-0.2, -0.15) is 0 Å². The van der Waals surface area contributed by atoms with Gasteiger partial charge in [0.05, 0.1) is 18.8 Å². The van der Waals surface area contributed by atoms with E-state index < -0.39 is 18.0 Å². The number of para-hydroxylation sites is 1. The number of rotatable bonds is 8. The van der Waals surface area contributed by atoms with Crippen LogP contribution >= 0.6 is 0 Å². The van der Waals surface area contributed by atoms with Gasteiger partial charge in [-0.05, 0) is 18.6 Å². The smallest absolute Gasteiger partial charge is 0.197 e. The molecule has 1 aromatic rings. The van der Waals surface area contributed by atoms with E-state index in [9.17, 15) is 15.0 Å². The second kappa shape index (κ2) is 7.92. The fourth-order valence-electron chi connectivity index (χ4n) is 1.94. The number of Topliss-reactive ketones (excluding diaryl/α,β-unsaturated/α-hetero) is 1. The van der Waals surface area contributed by atoms with Gasteiger partial charge in [0.15, 0.2) is 5.78 Å². The number of hydrogen-bond donors (Lipinski definition) is 2. The van der Waals surface area contributed by atoms with Gasteiger partial charge in [0.2, 0.25) is 0 Å². The first-order chi connectivity index (χ1) is 9.11. The molecule has 19 heavy (non-hydrogen) atoms. The number of unbranched alkanes of at least 4 members (excludes halogenated alkanes) is 2. The minimum absolute atomic E-state index is 0.298. The molecule has 2 N–H and O–H groups in total. The molecular formula is C15H22O4. The standard InChI is InChI=1S/C15H22O4/c1-3-4-5-9-12(16)15(18)14(17)11-8-6-7-10-13(11)19-2/h6-8,10,12,15-16,18H,3-5,9H2,1-2H3/t12-,15-/m1/s1. The van der Waals surface area contributed by atoms with E-state index in [-0.39, 0.29) is 0 Å². The summed E-state index contributed by atoms with van der Waals surface area (Å²) in [6.45, 7) is 2.06. The zero-order chi connectivity index (χ0) is 14.3. The average Bonchev–Trinajstić information content (AvgIpc) is 2.45. The Bertz CT molecular complexity index is 403. The van der Waals surface area contributed by atoms with Gasteiger partial charge in [-0.25, -0.2) is 0 Å². The normalized spacial score (nSPS) is 13.9. The first-order valence-corrected chi connectivity index (χ1v) is 6.65. The number of ether oxygens (including phenoxy) is 1. The topological polar surface area (TPSA) is 66.8 Å². The van der Waals surface area contributed by atoms with Crippen LogP contribution in [-0.2, 0) is 0 Å². The van der Waals surface area contributed by atoms with Crippen LogP contribution in [0.3, 0.4) is 0 Å². The van der Waals surface area contributed by atoms with Crippen molar-refractivity contribution in [2.24, 2.45) is 0 Å². The lowest BCUT2D eigenvalue weighted by Crippen LogP contribution is -2.34. The molecule has 0 aliphatic rings. The fourth-order valence-corrected chi connectivity index (χ4v) is 1.94. The molecule has 1 aromatic carbocycles. The fraction of sp³-hybridized carbons (Fsp3) is 0.533. The molecule has 0 amide bonds. The molecule has 0 saturated heterocycles. The molecule has 4 nitrogen and oxygen atoms in total. The van der Waals surface area contributed by atoms with Gasteiger partial charge in [-0.3, -0.25) is 4.79 Å². The lowest BCUT2D eigenvalue weighted by molar-refractivity contribution is 0.0166. The first-order valence-electron chi connectivity index (χ1n) is 6.65. The Kier molecular flexibility index (Phi) is 6.53. The Balaban J connectivity index is 2.70. The number of carbonyl (C=O) groups is 1. The molecular weight excluding hydrogens is 244 g/mol. The van der Waals surface area contributed by atoms with Crippen molar-refractivity contribution in [1.82, 2.24) is 0 Å². The molecule has 0 bridgehead atoms. The molecule has 0 aliphatic carbocycles.